The van der Waals surface area contributed by atoms with Gasteiger partial charge in [0.25, 0.3) is 0 Å². The molecule has 2 rings (SSSR count). The molecule has 1 fully saturated rings. The number of amides is 1. The van der Waals surface area contributed by atoms with Crippen molar-refractivity contribution in [1.82, 2.24) is 5.32 Å². The molecule has 0 aliphatic heterocycles. The van der Waals surface area contributed by atoms with Gasteiger partial charge in [-0.15, -0.1) is 0 Å². The molecule has 1 amide bonds. The molecule has 0 heterocycles. The van der Waals surface area contributed by atoms with Gasteiger partial charge in [-0.25, -0.2) is 8.78 Å². The molecular weight excluding hydrogens is 264 g/mol. The first-order valence-corrected chi connectivity index (χ1v) is 6.97. The van der Waals surface area contributed by atoms with Gasteiger partial charge < -0.3 is 10.4 Å². The molecule has 2 N–H and O–H groups in total. The van der Waals surface area contributed by atoms with Crippen molar-refractivity contribution in [3.63, 3.8) is 0 Å². The third kappa shape index (κ3) is 4.00. The summed E-state index contributed by atoms with van der Waals surface area (Å²) in [5.74, 6) is -1.95. The van der Waals surface area contributed by atoms with Gasteiger partial charge in [-0.2, -0.15) is 0 Å². The first kappa shape index (κ1) is 14.9. The fraction of sp³-hybridized carbons (Fsp3) is 0.533. The van der Waals surface area contributed by atoms with Crippen LogP contribution in [-0.4, -0.2) is 23.2 Å². The standard InChI is InChI=1S/C15H19F2NO2/c16-11-7-5-10(9-12(11)17)6-8-15(20)18-13-3-1-2-4-14(13)19/h5,7,9,13-14,19H,1-4,6,8H2,(H,18,20)/t13-,14-/m1/s1. The zero-order chi connectivity index (χ0) is 14.5. The summed E-state index contributed by atoms with van der Waals surface area (Å²) < 4.78 is 25.8. The number of aryl methyl sites for hydroxylation is 1. The number of halogens is 2. The van der Waals surface area contributed by atoms with E-state index in [1.165, 1.54) is 6.07 Å². The highest BCUT2D eigenvalue weighted by molar-refractivity contribution is 5.76. The Bertz CT molecular complexity index is 479. The highest BCUT2D eigenvalue weighted by atomic mass is 19.2. The Morgan fingerprint density at radius 2 is 2.00 bits per heavy atom. The van der Waals surface area contributed by atoms with Crippen molar-refractivity contribution < 1.29 is 18.7 Å². The van der Waals surface area contributed by atoms with E-state index < -0.39 is 17.7 Å². The maximum absolute atomic E-state index is 13.0. The number of aliphatic hydroxyl groups is 1. The van der Waals surface area contributed by atoms with E-state index in [2.05, 4.69) is 5.32 Å². The number of carbonyl (C=O) groups excluding carboxylic acids is 1. The van der Waals surface area contributed by atoms with Crippen LogP contribution in [0.15, 0.2) is 18.2 Å². The third-order valence-corrected chi connectivity index (χ3v) is 3.70. The van der Waals surface area contributed by atoms with Gasteiger partial charge in [-0.1, -0.05) is 18.9 Å². The van der Waals surface area contributed by atoms with Gasteiger partial charge in [0.15, 0.2) is 11.6 Å². The monoisotopic (exact) mass is 283 g/mol. The Morgan fingerprint density at radius 1 is 1.25 bits per heavy atom. The molecule has 0 bridgehead atoms. The van der Waals surface area contributed by atoms with Crippen molar-refractivity contribution in [2.45, 2.75) is 50.7 Å². The molecule has 1 saturated carbocycles. The van der Waals surface area contributed by atoms with Gasteiger partial charge in [0, 0.05) is 6.42 Å². The van der Waals surface area contributed by atoms with Crippen LogP contribution in [0.3, 0.4) is 0 Å². The lowest BCUT2D eigenvalue weighted by atomic mass is 9.92. The van der Waals surface area contributed by atoms with Crippen LogP contribution in [0.1, 0.15) is 37.7 Å². The zero-order valence-corrected chi connectivity index (χ0v) is 11.2. The molecule has 0 radical (unpaired) electrons. The molecule has 0 spiro atoms. The van der Waals surface area contributed by atoms with E-state index in [1.54, 1.807) is 0 Å². The molecule has 3 nitrogen and oxygen atoms in total. The highest BCUT2D eigenvalue weighted by Gasteiger charge is 2.24. The van der Waals surface area contributed by atoms with E-state index in [-0.39, 0.29) is 18.4 Å². The maximum Gasteiger partial charge on any atom is 0.220 e. The Labute approximate surface area is 117 Å². The van der Waals surface area contributed by atoms with Crippen LogP contribution in [0, 0.1) is 11.6 Å². The van der Waals surface area contributed by atoms with Gasteiger partial charge in [-0.05, 0) is 37.0 Å². The normalized spacial score (nSPS) is 22.6. The Kier molecular flexibility index (Phi) is 5.06. The smallest absolute Gasteiger partial charge is 0.220 e. The largest absolute Gasteiger partial charge is 0.391 e. The summed E-state index contributed by atoms with van der Waals surface area (Å²) >= 11 is 0. The minimum Gasteiger partial charge on any atom is -0.391 e. The van der Waals surface area contributed by atoms with Gasteiger partial charge in [0.2, 0.25) is 5.91 Å². The molecule has 110 valence electrons. The van der Waals surface area contributed by atoms with E-state index in [0.29, 0.717) is 18.4 Å². The summed E-state index contributed by atoms with van der Waals surface area (Å²) in [6.07, 6.45) is 3.58. The number of benzene rings is 1. The lowest BCUT2D eigenvalue weighted by Crippen LogP contribution is -2.45. The van der Waals surface area contributed by atoms with Crippen molar-refractivity contribution in [3.8, 4) is 0 Å². The summed E-state index contributed by atoms with van der Waals surface area (Å²) in [4.78, 5) is 11.8. The molecule has 1 aromatic rings. The van der Waals surface area contributed by atoms with Crippen LogP contribution in [0.5, 0.6) is 0 Å². The molecule has 1 aliphatic carbocycles. The average molecular weight is 283 g/mol. The quantitative estimate of drug-likeness (QED) is 0.891. The Morgan fingerprint density at radius 3 is 2.70 bits per heavy atom. The van der Waals surface area contributed by atoms with E-state index in [1.807, 2.05) is 0 Å². The molecule has 5 heteroatoms. The van der Waals surface area contributed by atoms with Crippen LogP contribution >= 0.6 is 0 Å². The lowest BCUT2D eigenvalue weighted by molar-refractivity contribution is -0.123. The number of aliphatic hydroxyl groups excluding tert-OH is 1. The topological polar surface area (TPSA) is 49.3 Å². The van der Waals surface area contributed by atoms with Crippen LogP contribution in [0.2, 0.25) is 0 Å². The first-order valence-electron chi connectivity index (χ1n) is 6.97. The molecule has 0 unspecified atom stereocenters. The van der Waals surface area contributed by atoms with Crippen LogP contribution < -0.4 is 5.32 Å². The van der Waals surface area contributed by atoms with Crippen LogP contribution in [0.25, 0.3) is 0 Å². The zero-order valence-electron chi connectivity index (χ0n) is 11.2. The minimum atomic E-state index is -0.898. The van der Waals surface area contributed by atoms with Crippen LogP contribution in [-0.2, 0) is 11.2 Å². The SMILES string of the molecule is O=C(CCc1ccc(F)c(F)c1)N[C@@H]1CCCC[C@H]1O. The predicted molar refractivity (Wildman–Crippen MR) is 71.1 cm³/mol. The second-order valence-electron chi connectivity index (χ2n) is 5.27. The summed E-state index contributed by atoms with van der Waals surface area (Å²) in [6.45, 7) is 0. The van der Waals surface area contributed by atoms with Crippen molar-refractivity contribution >= 4 is 5.91 Å². The highest BCUT2D eigenvalue weighted by Crippen LogP contribution is 2.18. The summed E-state index contributed by atoms with van der Waals surface area (Å²) in [5.41, 5.74) is 0.586. The van der Waals surface area contributed by atoms with E-state index in [0.717, 1.165) is 31.4 Å². The number of rotatable bonds is 4. The van der Waals surface area contributed by atoms with Crippen molar-refractivity contribution in [3.05, 3.63) is 35.4 Å². The van der Waals surface area contributed by atoms with E-state index >= 15 is 0 Å². The van der Waals surface area contributed by atoms with Crippen molar-refractivity contribution in [1.29, 1.82) is 0 Å². The van der Waals surface area contributed by atoms with Gasteiger partial charge >= 0.3 is 0 Å². The van der Waals surface area contributed by atoms with Crippen molar-refractivity contribution in [2.75, 3.05) is 0 Å². The molecule has 1 aliphatic rings. The van der Waals surface area contributed by atoms with E-state index in [4.69, 9.17) is 0 Å². The molecule has 1 aromatic carbocycles. The van der Waals surface area contributed by atoms with E-state index in [9.17, 15) is 18.7 Å². The average Bonchev–Trinajstić information content (AvgIpc) is 2.43. The Hall–Kier alpha value is -1.49. The van der Waals surface area contributed by atoms with Gasteiger partial charge in [0.05, 0.1) is 12.1 Å². The maximum atomic E-state index is 13.0. The Balaban J connectivity index is 1.81. The molecule has 20 heavy (non-hydrogen) atoms. The third-order valence-electron chi connectivity index (χ3n) is 3.70. The minimum absolute atomic E-state index is 0.166. The molecule has 0 saturated heterocycles. The summed E-state index contributed by atoms with van der Waals surface area (Å²) in [7, 11) is 0. The van der Waals surface area contributed by atoms with Gasteiger partial charge in [0.1, 0.15) is 0 Å². The molecule has 0 aromatic heterocycles. The second kappa shape index (κ2) is 6.79. The molecular formula is C15H19F2NO2. The fourth-order valence-corrected chi connectivity index (χ4v) is 2.51. The summed E-state index contributed by atoms with van der Waals surface area (Å²) in [5, 5.41) is 12.6. The summed E-state index contributed by atoms with van der Waals surface area (Å²) in [6, 6.07) is 3.47. The fourth-order valence-electron chi connectivity index (χ4n) is 2.51. The number of hydrogen-bond donors (Lipinski definition) is 2. The predicted octanol–water partition coefficient (Wildman–Crippen LogP) is 2.32. The second-order valence-corrected chi connectivity index (χ2v) is 5.27. The number of nitrogens with one attached hydrogen (secondary N) is 1. The van der Waals surface area contributed by atoms with Crippen molar-refractivity contribution in [2.24, 2.45) is 0 Å². The van der Waals surface area contributed by atoms with Crippen LogP contribution in [0.4, 0.5) is 8.78 Å². The van der Waals surface area contributed by atoms with Gasteiger partial charge in [-0.3, -0.25) is 4.79 Å². The lowest BCUT2D eigenvalue weighted by Gasteiger charge is -2.28. The molecule has 2 atom stereocenters. The number of carbonyl (C=O) groups is 1. The first-order chi connectivity index (χ1) is 9.56. The number of hydrogen-bond acceptors (Lipinski definition) is 2.